The first kappa shape index (κ1) is 19.2. The number of carboxylic acid groups (broad SMARTS) is 2. The summed E-state index contributed by atoms with van der Waals surface area (Å²) in [6.07, 6.45) is 0. The van der Waals surface area contributed by atoms with Crippen LogP contribution in [0.3, 0.4) is 0 Å². The Morgan fingerprint density at radius 2 is 1.73 bits per heavy atom. The number of rotatable bonds is 4. The van der Waals surface area contributed by atoms with Gasteiger partial charge in [0.2, 0.25) is 0 Å². The highest BCUT2D eigenvalue weighted by Crippen LogP contribution is 2.41. The van der Waals surface area contributed by atoms with E-state index in [0.717, 1.165) is 5.36 Å². The fourth-order valence-electron chi connectivity index (χ4n) is 3.54. The van der Waals surface area contributed by atoms with Crippen LogP contribution in [0.2, 0.25) is 0 Å². The summed E-state index contributed by atoms with van der Waals surface area (Å²) in [6.45, 7) is 2.54. The highest BCUT2D eigenvalue weighted by atomic mass is 16.4. The van der Waals surface area contributed by atoms with Gasteiger partial charge in [-0.1, -0.05) is 6.07 Å². The molecule has 4 N–H and O–H groups in total. The maximum atomic E-state index is 12.0. The number of nitrogens with two attached hydrogens (primary N) is 1. The van der Waals surface area contributed by atoms with Crippen molar-refractivity contribution in [2.24, 2.45) is 4.99 Å². The molecule has 1 aliphatic heterocycles. The number of fused-ring (bicyclic) bond motifs is 2. The average molecular weight is 402 g/mol. The maximum absolute atomic E-state index is 12.0. The van der Waals surface area contributed by atoms with E-state index in [4.69, 9.17) is 10.2 Å². The van der Waals surface area contributed by atoms with E-state index in [2.05, 4.69) is 4.99 Å². The van der Waals surface area contributed by atoms with Crippen LogP contribution in [0.5, 0.6) is 0 Å². The Balaban J connectivity index is 2.15. The second kappa shape index (κ2) is 7.36. The standard InChI is InChI=1S/C23H18N2O5/c1-2-25-14-5-8-17-20(11-14)30-19-10-13(24)4-7-16(19)21(17)15-6-3-12(22(26)27)9-18(15)23(28)29/h3-11H,2,24H2,1H3,(H,26,27)(H,28,29). The zero-order valence-corrected chi connectivity index (χ0v) is 16.0. The summed E-state index contributed by atoms with van der Waals surface area (Å²) in [6, 6.07) is 14.7. The molecule has 0 amide bonds. The third kappa shape index (κ3) is 3.26. The lowest BCUT2D eigenvalue weighted by Gasteiger charge is -2.17. The van der Waals surface area contributed by atoms with Gasteiger partial charge in [0.25, 0.3) is 0 Å². The molecule has 1 heterocycles. The average Bonchev–Trinajstić information content (AvgIpc) is 2.71. The minimum absolute atomic E-state index is 0.0985. The molecule has 2 aromatic rings. The van der Waals surface area contributed by atoms with E-state index < -0.39 is 11.9 Å². The molecule has 30 heavy (non-hydrogen) atoms. The van der Waals surface area contributed by atoms with Gasteiger partial charge in [0, 0.05) is 40.9 Å². The van der Waals surface area contributed by atoms with Gasteiger partial charge in [-0.15, -0.1) is 0 Å². The lowest BCUT2D eigenvalue weighted by molar-refractivity contribution is 0.0696. The molecule has 0 saturated carbocycles. The van der Waals surface area contributed by atoms with Crippen molar-refractivity contribution in [2.45, 2.75) is 6.92 Å². The number of benzene rings is 3. The van der Waals surface area contributed by atoms with Crippen LogP contribution in [0.15, 0.2) is 64.0 Å². The van der Waals surface area contributed by atoms with Crippen LogP contribution in [-0.2, 0) is 0 Å². The molecule has 0 saturated heterocycles. The molecule has 0 fully saturated rings. The van der Waals surface area contributed by atoms with Crippen LogP contribution in [0.4, 0.5) is 5.69 Å². The van der Waals surface area contributed by atoms with Gasteiger partial charge in [-0.05, 0) is 48.9 Å². The molecule has 2 aliphatic rings. The minimum atomic E-state index is -1.22. The number of nitrogens with zero attached hydrogens (tertiary/aromatic N) is 1. The van der Waals surface area contributed by atoms with Gasteiger partial charge in [-0.2, -0.15) is 0 Å². The van der Waals surface area contributed by atoms with Crippen molar-refractivity contribution in [2.75, 3.05) is 12.3 Å². The van der Waals surface area contributed by atoms with Crippen LogP contribution in [0.25, 0.3) is 33.4 Å². The van der Waals surface area contributed by atoms with Gasteiger partial charge in [-0.3, -0.25) is 4.99 Å². The predicted molar refractivity (Wildman–Crippen MR) is 113 cm³/mol. The van der Waals surface area contributed by atoms with Crippen molar-refractivity contribution in [3.8, 4) is 22.5 Å². The zero-order chi connectivity index (χ0) is 21.4. The van der Waals surface area contributed by atoms with Gasteiger partial charge >= 0.3 is 11.9 Å². The molecule has 150 valence electrons. The fraction of sp³-hybridized carbons (Fsp3) is 0.0870. The van der Waals surface area contributed by atoms with E-state index in [9.17, 15) is 19.8 Å². The molecule has 0 radical (unpaired) electrons. The van der Waals surface area contributed by atoms with Crippen molar-refractivity contribution in [1.29, 1.82) is 0 Å². The van der Waals surface area contributed by atoms with Gasteiger partial charge in [0.15, 0.2) is 0 Å². The largest absolute Gasteiger partial charge is 0.478 e. The molecule has 0 atom stereocenters. The normalized spacial score (nSPS) is 11.8. The molecular formula is C23H18N2O5. The van der Waals surface area contributed by atoms with Crippen LogP contribution in [-0.4, -0.2) is 28.7 Å². The summed E-state index contributed by atoms with van der Waals surface area (Å²) in [4.78, 5) is 27.7. The van der Waals surface area contributed by atoms with E-state index in [0.29, 0.717) is 45.7 Å². The van der Waals surface area contributed by atoms with Crippen molar-refractivity contribution in [3.63, 3.8) is 0 Å². The second-order valence-corrected chi connectivity index (χ2v) is 6.76. The molecule has 7 nitrogen and oxygen atoms in total. The first-order valence-electron chi connectivity index (χ1n) is 9.26. The summed E-state index contributed by atoms with van der Waals surface area (Å²) in [5.74, 6) is -1.89. The molecular weight excluding hydrogens is 384 g/mol. The summed E-state index contributed by atoms with van der Waals surface area (Å²) in [5, 5.41) is 20.5. The first-order valence-corrected chi connectivity index (χ1v) is 9.26. The Hall–Kier alpha value is -4.13. The van der Waals surface area contributed by atoms with Crippen molar-refractivity contribution >= 4 is 28.6 Å². The Morgan fingerprint density at radius 3 is 2.43 bits per heavy atom. The fourth-order valence-corrected chi connectivity index (χ4v) is 3.54. The summed E-state index contributed by atoms with van der Waals surface area (Å²) < 4.78 is 6.06. The summed E-state index contributed by atoms with van der Waals surface area (Å²) in [7, 11) is 0. The molecule has 0 unspecified atom stereocenters. The monoisotopic (exact) mass is 402 g/mol. The minimum Gasteiger partial charge on any atom is -0.478 e. The van der Waals surface area contributed by atoms with Crippen molar-refractivity contribution in [1.82, 2.24) is 0 Å². The van der Waals surface area contributed by atoms with Gasteiger partial charge < -0.3 is 20.4 Å². The molecule has 1 aliphatic carbocycles. The van der Waals surface area contributed by atoms with Crippen LogP contribution >= 0.6 is 0 Å². The van der Waals surface area contributed by atoms with E-state index >= 15 is 0 Å². The number of carboxylic acids is 2. The van der Waals surface area contributed by atoms with E-state index in [1.165, 1.54) is 18.2 Å². The van der Waals surface area contributed by atoms with Crippen molar-refractivity contribution in [3.05, 3.63) is 71.1 Å². The SMILES string of the molecule is CCN=c1ccc2c(-c3ccc(C(=O)O)cc3C(=O)O)c3ccc(N)cc3oc-2c1. The first-order chi connectivity index (χ1) is 14.4. The van der Waals surface area contributed by atoms with Crippen LogP contribution < -0.4 is 11.1 Å². The van der Waals surface area contributed by atoms with Gasteiger partial charge in [0.05, 0.1) is 16.5 Å². The number of hydrogen-bond donors (Lipinski definition) is 3. The zero-order valence-electron chi connectivity index (χ0n) is 16.0. The van der Waals surface area contributed by atoms with Gasteiger partial charge in [0.1, 0.15) is 11.3 Å². The Morgan fingerprint density at radius 1 is 0.967 bits per heavy atom. The topological polar surface area (TPSA) is 126 Å². The van der Waals surface area contributed by atoms with Crippen LogP contribution in [0.1, 0.15) is 27.6 Å². The second-order valence-electron chi connectivity index (χ2n) is 6.76. The number of hydrogen-bond acceptors (Lipinski definition) is 5. The smallest absolute Gasteiger partial charge is 0.336 e. The summed E-state index contributed by atoms with van der Waals surface area (Å²) in [5.41, 5.74) is 8.42. The predicted octanol–water partition coefficient (Wildman–Crippen LogP) is 4.10. The number of anilines is 1. The highest BCUT2D eigenvalue weighted by molar-refractivity contribution is 6.08. The number of carbonyl (C=O) groups is 2. The number of aromatic carboxylic acids is 2. The Kier molecular flexibility index (Phi) is 4.71. The highest BCUT2D eigenvalue weighted by Gasteiger charge is 2.22. The molecule has 2 aromatic carbocycles. The molecule has 0 aromatic heterocycles. The lowest BCUT2D eigenvalue weighted by Crippen LogP contribution is -2.07. The third-order valence-electron chi connectivity index (χ3n) is 4.84. The molecule has 0 spiro atoms. The van der Waals surface area contributed by atoms with Crippen LogP contribution in [0, 0.1) is 0 Å². The van der Waals surface area contributed by atoms with E-state index in [-0.39, 0.29) is 11.1 Å². The molecule has 0 bridgehead atoms. The third-order valence-corrected chi connectivity index (χ3v) is 4.84. The maximum Gasteiger partial charge on any atom is 0.336 e. The number of nitrogen functional groups attached to an aromatic ring is 1. The van der Waals surface area contributed by atoms with Gasteiger partial charge in [-0.25, -0.2) is 9.59 Å². The van der Waals surface area contributed by atoms with E-state index in [1.54, 1.807) is 24.3 Å². The van der Waals surface area contributed by atoms with Crippen molar-refractivity contribution < 1.29 is 24.2 Å². The molecule has 7 heteroatoms. The summed E-state index contributed by atoms with van der Waals surface area (Å²) >= 11 is 0. The Bertz CT molecular complexity index is 1350. The molecule has 4 rings (SSSR count). The lowest BCUT2D eigenvalue weighted by atomic mass is 9.90. The Labute approximate surface area is 171 Å². The quantitative estimate of drug-likeness (QED) is 0.348. The van der Waals surface area contributed by atoms with E-state index in [1.807, 2.05) is 19.1 Å².